The smallest absolute Gasteiger partial charge is 0.196 e. The molecule has 2 aromatic carbocycles. The SMILES string of the molecule is O=C(c1ccccc1Cl)c1ccccc1-n1cnnc1CO. The number of carbonyl (C=O) groups is 1. The molecule has 0 spiro atoms. The van der Waals surface area contributed by atoms with E-state index in [0.717, 1.165) is 0 Å². The van der Waals surface area contributed by atoms with Crippen LogP contribution in [-0.2, 0) is 6.61 Å². The lowest BCUT2D eigenvalue weighted by atomic mass is 10.0. The van der Waals surface area contributed by atoms with Crippen molar-refractivity contribution in [3.05, 3.63) is 76.8 Å². The molecule has 0 aliphatic rings. The molecule has 0 amide bonds. The van der Waals surface area contributed by atoms with E-state index in [4.69, 9.17) is 11.6 Å². The van der Waals surface area contributed by atoms with Gasteiger partial charge in [-0.3, -0.25) is 9.36 Å². The van der Waals surface area contributed by atoms with Crippen LogP contribution in [0.5, 0.6) is 0 Å². The van der Waals surface area contributed by atoms with Gasteiger partial charge in [-0.25, -0.2) is 0 Å². The van der Waals surface area contributed by atoms with Gasteiger partial charge in [0.2, 0.25) is 0 Å². The lowest BCUT2D eigenvalue weighted by Gasteiger charge is -2.11. The maximum atomic E-state index is 12.8. The van der Waals surface area contributed by atoms with E-state index >= 15 is 0 Å². The Hall–Kier alpha value is -2.50. The average Bonchev–Trinajstić information content (AvgIpc) is 3.03. The van der Waals surface area contributed by atoms with E-state index in [1.165, 1.54) is 6.33 Å². The van der Waals surface area contributed by atoms with Crippen LogP contribution in [-0.4, -0.2) is 25.7 Å². The number of para-hydroxylation sites is 1. The summed E-state index contributed by atoms with van der Waals surface area (Å²) in [5.74, 6) is 0.165. The predicted octanol–water partition coefficient (Wildman–Crippen LogP) is 2.64. The molecule has 0 saturated carbocycles. The van der Waals surface area contributed by atoms with E-state index in [9.17, 15) is 9.90 Å². The highest BCUT2D eigenvalue weighted by Gasteiger charge is 2.18. The van der Waals surface area contributed by atoms with Crippen LogP contribution in [0.15, 0.2) is 54.9 Å². The molecule has 22 heavy (non-hydrogen) atoms. The minimum Gasteiger partial charge on any atom is -0.388 e. The minimum atomic E-state index is -0.269. The number of rotatable bonds is 4. The molecule has 110 valence electrons. The number of aliphatic hydroxyl groups is 1. The number of nitrogens with zero attached hydrogens (tertiary/aromatic N) is 3. The Balaban J connectivity index is 2.13. The third-order valence-electron chi connectivity index (χ3n) is 3.29. The predicted molar refractivity (Wildman–Crippen MR) is 82.2 cm³/mol. The zero-order valence-electron chi connectivity index (χ0n) is 11.5. The van der Waals surface area contributed by atoms with Crippen molar-refractivity contribution in [2.24, 2.45) is 0 Å². The Bertz CT molecular complexity index is 830. The third-order valence-corrected chi connectivity index (χ3v) is 3.62. The van der Waals surface area contributed by atoms with E-state index in [1.807, 2.05) is 0 Å². The molecule has 3 rings (SSSR count). The van der Waals surface area contributed by atoms with Gasteiger partial charge >= 0.3 is 0 Å². The quantitative estimate of drug-likeness (QED) is 0.752. The molecule has 0 saturated heterocycles. The van der Waals surface area contributed by atoms with Crippen LogP contribution in [0.25, 0.3) is 5.69 Å². The van der Waals surface area contributed by atoms with Crippen LogP contribution in [0, 0.1) is 0 Å². The van der Waals surface area contributed by atoms with Crippen molar-refractivity contribution < 1.29 is 9.90 Å². The van der Waals surface area contributed by atoms with Gasteiger partial charge in [0.1, 0.15) is 12.9 Å². The third kappa shape index (κ3) is 2.52. The first-order valence-corrected chi connectivity index (χ1v) is 6.98. The Labute approximate surface area is 131 Å². The summed E-state index contributed by atoms with van der Waals surface area (Å²) in [5.41, 5.74) is 1.49. The fraction of sp³-hybridized carbons (Fsp3) is 0.0625. The molecule has 0 bridgehead atoms. The molecule has 0 aliphatic heterocycles. The zero-order valence-corrected chi connectivity index (χ0v) is 12.2. The maximum absolute atomic E-state index is 12.8. The van der Waals surface area contributed by atoms with Gasteiger partial charge in [0.05, 0.1) is 10.7 Å². The maximum Gasteiger partial charge on any atom is 0.196 e. The highest BCUT2D eigenvalue weighted by atomic mass is 35.5. The molecular formula is C16H12ClN3O2. The van der Waals surface area contributed by atoms with Gasteiger partial charge < -0.3 is 5.11 Å². The van der Waals surface area contributed by atoms with Gasteiger partial charge in [-0.2, -0.15) is 0 Å². The number of aliphatic hydroxyl groups excluding tert-OH is 1. The number of aromatic nitrogens is 3. The van der Waals surface area contributed by atoms with Crippen LogP contribution in [0.2, 0.25) is 5.02 Å². The van der Waals surface area contributed by atoms with Crippen LogP contribution in [0.4, 0.5) is 0 Å². The molecule has 0 radical (unpaired) electrons. The summed E-state index contributed by atoms with van der Waals surface area (Å²) >= 11 is 6.11. The fourth-order valence-electron chi connectivity index (χ4n) is 2.23. The van der Waals surface area contributed by atoms with Crippen molar-refractivity contribution in [2.45, 2.75) is 6.61 Å². The number of hydrogen-bond donors (Lipinski definition) is 1. The van der Waals surface area contributed by atoms with E-state index in [-0.39, 0.29) is 12.4 Å². The van der Waals surface area contributed by atoms with Crippen molar-refractivity contribution in [2.75, 3.05) is 0 Å². The van der Waals surface area contributed by atoms with Crippen molar-refractivity contribution in [3.8, 4) is 5.69 Å². The summed E-state index contributed by atoms with van der Waals surface area (Å²) < 4.78 is 1.59. The lowest BCUT2D eigenvalue weighted by Crippen LogP contribution is -2.09. The normalized spacial score (nSPS) is 10.6. The molecule has 0 aliphatic carbocycles. The Morgan fingerprint density at radius 1 is 1.09 bits per heavy atom. The molecule has 5 nitrogen and oxygen atoms in total. The molecular weight excluding hydrogens is 302 g/mol. The molecule has 1 heterocycles. The standard InChI is InChI=1S/C16H12ClN3O2/c17-13-7-3-1-5-11(13)16(22)12-6-2-4-8-14(12)20-10-18-19-15(20)9-21/h1-8,10,21H,9H2. The molecule has 0 unspecified atom stereocenters. The molecule has 1 aromatic heterocycles. The summed E-state index contributed by atoms with van der Waals surface area (Å²) in [6, 6.07) is 14.0. The van der Waals surface area contributed by atoms with Crippen LogP contribution in [0.3, 0.4) is 0 Å². The van der Waals surface area contributed by atoms with E-state index in [0.29, 0.717) is 27.7 Å². The van der Waals surface area contributed by atoms with E-state index < -0.39 is 0 Å². The van der Waals surface area contributed by atoms with Gasteiger partial charge in [-0.15, -0.1) is 10.2 Å². The Kier molecular flexibility index (Phi) is 4.00. The van der Waals surface area contributed by atoms with Gasteiger partial charge in [-0.05, 0) is 24.3 Å². The second-order valence-electron chi connectivity index (χ2n) is 4.60. The van der Waals surface area contributed by atoms with Gasteiger partial charge in [0.15, 0.2) is 11.6 Å². The first-order valence-electron chi connectivity index (χ1n) is 6.60. The van der Waals surface area contributed by atoms with Crippen molar-refractivity contribution in [1.82, 2.24) is 14.8 Å². The summed E-state index contributed by atoms with van der Waals surface area (Å²) in [5, 5.41) is 17.3. The Morgan fingerprint density at radius 2 is 1.77 bits per heavy atom. The van der Waals surface area contributed by atoms with Crippen molar-refractivity contribution in [3.63, 3.8) is 0 Å². The number of ketones is 1. The lowest BCUT2D eigenvalue weighted by molar-refractivity contribution is 0.103. The van der Waals surface area contributed by atoms with Crippen molar-refractivity contribution >= 4 is 17.4 Å². The zero-order chi connectivity index (χ0) is 15.5. The fourth-order valence-corrected chi connectivity index (χ4v) is 2.46. The molecule has 0 fully saturated rings. The highest BCUT2D eigenvalue weighted by Crippen LogP contribution is 2.23. The van der Waals surface area contributed by atoms with E-state index in [2.05, 4.69) is 10.2 Å². The largest absolute Gasteiger partial charge is 0.388 e. The highest BCUT2D eigenvalue weighted by molar-refractivity contribution is 6.35. The second-order valence-corrected chi connectivity index (χ2v) is 5.01. The van der Waals surface area contributed by atoms with Gasteiger partial charge in [-0.1, -0.05) is 35.9 Å². The summed E-state index contributed by atoms with van der Waals surface area (Å²) in [6.07, 6.45) is 1.46. The van der Waals surface area contributed by atoms with E-state index in [1.54, 1.807) is 53.1 Å². The molecule has 0 atom stereocenters. The summed E-state index contributed by atoms with van der Waals surface area (Å²) in [6.45, 7) is -0.269. The molecule has 3 aromatic rings. The first kappa shape index (κ1) is 14.4. The second kappa shape index (κ2) is 6.09. The van der Waals surface area contributed by atoms with Crippen LogP contribution >= 0.6 is 11.6 Å². The number of hydrogen-bond acceptors (Lipinski definition) is 4. The van der Waals surface area contributed by atoms with Crippen LogP contribution < -0.4 is 0 Å². The average molecular weight is 314 g/mol. The number of carbonyl (C=O) groups excluding carboxylic acids is 1. The first-order chi connectivity index (χ1) is 10.7. The summed E-state index contributed by atoms with van der Waals surface area (Å²) in [7, 11) is 0. The molecule has 6 heteroatoms. The van der Waals surface area contributed by atoms with Crippen LogP contribution in [0.1, 0.15) is 21.7 Å². The number of halogens is 1. The van der Waals surface area contributed by atoms with Gasteiger partial charge in [0, 0.05) is 11.1 Å². The monoisotopic (exact) mass is 313 g/mol. The molecule has 1 N–H and O–H groups in total. The van der Waals surface area contributed by atoms with Gasteiger partial charge in [0.25, 0.3) is 0 Å². The number of benzene rings is 2. The topological polar surface area (TPSA) is 68.0 Å². The Morgan fingerprint density at radius 3 is 2.50 bits per heavy atom. The summed E-state index contributed by atoms with van der Waals surface area (Å²) in [4.78, 5) is 12.8. The van der Waals surface area contributed by atoms with Crippen molar-refractivity contribution in [1.29, 1.82) is 0 Å². The minimum absolute atomic E-state index is 0.196.